The van der Waals surface area contributed by atoms with Gasteiger partial charge in [0, 0.05) is 30.0 Å². The number of amides is 1. The first-order valence-electron chi connectivity index (χ1n) is 8.87. The topological polar surface area (TPSA) is 75.7 Å². The minimum Gasteiger partial charge on any atom is -0.452 e. The number of nitrogens with zero attached hydrogens (tertiary/aromatic N) is 1. The zero-order chi connectivity index (χ0) is 19.8. The van der Waals surface area contributed by atoms with Crippen molar-refractivity contribution >= 4 is 29.0 Å². The third-order valence-electron chi connectivity index (χ3n) is 4.14. The van der Waals surface area contributed by atoms with Crippen molar-refractivity contribution in [1.82, 2.24) is 0 Å². The molecule has 0 aliphatic heterocycles. The van der Waals surface area contributed by atoms with Crippen LogP contribution in [-0.2, 0) is 9.53 Å². The van der Waals surface area contributed by atoms with Crippen LogP contribution in [0.1, 0.15) is 41.5 Å². The molecule has 0 heterocycles. The highest BCUT2D eigenvalue weighted by Crippen LogP contribution is 2.15. The first kappa shape index (κ1) is 20.2. The predicted molar refractivity (Wildman–Crippen MR) is 105 cm³/mol. The fourth-order valence-electron chi connectivity index (χ4n) is 2.60. The molecule has 0 atom stereocenters. The monoisotopic (exact) mass is 368 g/mol. The average molecular weight is 368 g/mol. The molecular formula is C21H24N2O4. The van der Waals surface area contributed by atoms with Crippen LogP contribution in [0.5, 0.6) is 0 Å². The molecule has 0 fully saturated rings. The lowest BCUT2D eigenvalue weighted by Crippen LogP contribution is -2.22. The Morgan fingerprint density at radius 3 is 1.96 bits per heavy atom. The molecule has 2 aromatic carbocycles. The predicted octanol–water partition coefficient (Wildman–Crippen LogP) is 3.53. The van der Waals surface area contributed by atoms with Crippen LogP contribution in [0, 0.1) is 0 Å². The summed E-state index contributed by atoms with van der Waals surface area (Å²) in [7, 11) is 0. The fraction of sp³-hybridized carbons (Fsp3) is 0.286. The standard InChI is InChI=1S/C21H24N2O4/c1-4-23(5-2)19-12-8-17(9-13-19)21(26)27-14-20(25)22-18-10-6-16(7-11-18)15(3)24/h6-13H,4-5,14H2,1-3H3,(H,22,25). The third-order valence-corrected chi connectivity index (χ3v) is 4.14. The fourth-order valence-corrected chi connectivity index (χ4v) is 2.60. The van der Waals surface area contributed by atoms with Gasteiger partial charge in [0.2, 0.25) is 0 Å². The molecule has 0 saturated heterocycles. The van der Waals surface area contributed by atoms with E-state index in [1.54, 1.807) is 36.4 Å². The van der Waals surface area contributed by atoms with Crippen LogP contribution in [0.3, 0.4) is 0 Å². The summed E-state index contributed by atoms with van der Waals surface area (Å²) in [4.78, 5) is 37.4. The molecule has 0 aliphatic rings. The van der Waals surface area contributed by atoms with E-state index in [1.807, 2.05) is 12.1 Å². The van der Waals surface area contributed by atoms with Crippen molar-refractivity contribution in [3.05, 3.63) is 59.7 Å². The number of rotatable bonds is 8. The molecule has 2 aromatic rings. The minimum atomic E-state index is -0.553. The number of hydrogen-bond donors (Lipinski definition) is 1. The van der Waals surface area contributed by atoms with Gasteiger partial charge in [0.15, 0.2) is 12.4 Å². The Morgan fingerprint density at radius 1 is 0.889 bits per heavy atom. The van der Waals surface area contributed by atoms with Crippen molar-refractivity contribution in [2.45, 2.75) is 20.8 Å². The molecular weight excluding hydrogens is 344 g/mol. The third kappa shape index (κ3) is 5.67. The van der Waals surface area contributed by atoms with E-state index in [2.05, 4.69) is 24.1 Å². The Bertz CT molecular complexity index is 794. The molecule has 0 radical (unpaired) electrons. The summed E-state index contributed by atoms with van der Waals surface area (Å²) in [5.41, 5.74) is 2.52. The second kappa shape index (κ2) is 9.52. The largest absolute Gasteiger partial charge is 0.452 e. The minimum absolute atomic E-state index is 0.0474. The summed E-state index contributed by atoms with van der Waals surface area (Å²) < 4.78 is 5.06. The average Bonchev–Trinajstić information content (AvgIpc) is 2.68. The molecule has 1 amide bonds. The molecule has 6 nitrogen and oxygen atoms in total. The summed E-state index contributed by atoms with van der Waals surface area (Å²) in [6.07, 6.45) is 0. The van der Waals surface area contributed by atoms with Crippen LogP contribution in [0.25, 0.3) is 0 Å². The van der Waals surface area contributed by atoms with E-state index in [9.17, 15) is 14.4 Å². The van der Waals surface area contributed by atoms with Gasteiger partial charge in [0.05, 0.1) is 5.56 Å². The molecule has 27 heavy (non-hydrogen) atoms. The summed E-state index contributed by atoms with van der Waals surface area (Å²) in [5, 5.41) is 2.62. The van der Waals surface area contributed by atoms with Crippen molar-refractivity contribution in [3.63, 3.8) is 0 Å². The van der Waals surface area contributed by atoms with Crippen molar-refractivity contribution in [3.8, 4) is 0 Å². The smallest absolute Gasteiger partial charge is 0.338 e. The van der Waals surface area contributed by atoms with Gasteiger partial charge in [-0.05, 0) is 69.3 Å². The number of carbonyl (C=O) groups excluding carboxylic acids is 3. The number of anilines is 2. The zero-order valence-electron chi connectivity index (χ0n) is 15.8. The highest BCUT2D eigenvalue weighted by atomic mass is 16.5. The van der Waals surface area contributed by atoms with Gasteiger partial charge in [-0.2, -0.15) is 0 Å². The highest BCUT2D eigenvalue weighted by Gasteiger charge is 2.11. The second-order valence-corrected chi connectivity index (χ2v) is 5.98. The Morgan fingerprint density at radius 2 is 1.44 bits per heavy atom. The SMILES string of the molecule is CCN(CC)c1ccc(C(=O)OCC(=O)Nc2ccc(C(C)=O)cc2)cc1. The second-order valence-electron chi connectivity index (χ2n) is 5.98. The van der Waals surface area contributed by atoms with E-state index < -0.39 is 11.9 Å². The van der Waals surface area contributed by atoms with Gasteiger partial charge in [-0.3, -0.25) is 9.59 Å². The number of benzene rings is 2. The molecule has 0 bridgehead atoms. The van der Waals surface area contributed by atoms with Crippen LogP contribution in [0.4, 0.5) is 11.4 Å². The quantitative estimate of drug-likeness (QED) is 0.570. The summed E-state index contributed by atoms with van der Waals surface area (Å²) in [6, 6.07) is 13.6. The molecule has 0 saturated carbocycles. The molecule has 6 heteroatoms. The molecule has 2 rings (SSSR count). The van der Waals surface area contributed by atoms with E-state index in [0.717, 1.165) is 18.8 Å². The maximum absolute atomic E-state index is 12.1. The van der Waals surface area contributed by atoms with E-state index in [4.69, 9.17) is 4.74 Å². The van der Waals surface area contributed by atoms with Gasteiger partial charge in [0.25, 0.3) is 5.91 Å². The van der Waals surface area contributed by atoms with Crippen LogP contribution in [0.2, 0.25) is 0 Å². The maximum atomic E-state index is 12.1. The van der Waals surface area contributed by atoms with E-state index in [1.165, 1.54) is 6.92 Å². The Hall–Kier alpha value is -3.15. The molecule has 1 N–H and O–H groups in total. The number of ketones is 1. The lowest BCUT2D eigenvalue weighted by Gasteiger charge is -2.20. The Kier molecular flexibility index (Phi) is 7.11. The first-order chi connectivity index (χ1) is 12.9. The molecule has 142 valence electrons. The van der Waals surface area contributed by atoms with Crippen LogP contribution < -0.4 is 10.2 Å². The highest BCUT2D eigenvalue weighted by molar-refractivity contribution is 5.97. The van der Waals surface area contributed by atoms with E-state index in [0.29, 0.717) is 16.8 Å². The van der Waals surface area contributed by atoms with Gasteiger partial charge >= 0.3 is 5.97 Å². The molecule has 0 spiro atoms. The number of esters is 1. The van der Waals surface area contributed by atoms with Crippen molar-refractivity contribution in [2.24, 2.45) is 0 Å². The van der Waals surface area contributed by atoms with Gasteiger partial charge in [-0.15, -0.1) is 0 Å². The number of ether oxygens (including phenoxy) is 1. The van der Waals surface area contributed by atoms with Crippen molar-refractivity contribution in [2.75, 3.05) is 29.9 Å². The Labute approximate surface area is 159 Å². The zero-order valence-corrected chi connectivity index (χ0v) is 15.8. The number of nitrogens with one attached hydrogen (secondary N) is 1. The van der Waals surface area contributed by atoms with Crippen LogP contribution >= 0.6 is 0 Å². The summed E-state index contributed by atoms with van der Waals surface area (Å²) >= 11 is 0. The number of carbonyl (C=O) groups is 3. The van der Waals surface area contributed by atoms with Gasteiger partial charge < -0.3 is 15.0 Å². The number of Topliss-reactive ketones (excluding diaryl/α,β-unsaturated/α-hetero) is 1. The first-order valence-corrected chi connectivity index (χ1v) is 8.87. The molecule has 0 aliphatic carbocycles. The van der Waals surface area contributed by atoms with Gasteiger partial charge in [0.1, 0.15) is 0 Å². The molecule has 0 unspecified atom stereocenters. The summed E-state index contributed by atoms with van der Waals surface area (Å²) in [5.74, 6) is -1.05. The van der Waals surface area contributed by atoms with E-state index >= 15 is 0 Å². The van der Waals surface area contributed by atoms with Gasteiger partial charge in [-0.1, -0.05) is 0 Å². The summed E-state index contributed by atoms with van der Waals surface area (Å²) in [6.45, 7) is 6.99. The lowest BCUT2D eigenvalue weighted by molar-refractivity contribution is -0.119. The van der Waals surface area contributed by atoms with Crippen LogP contribution in [0.15, 0.2) is 48.5 Å². The van der Waals surface area contributed by atoms with E-state index in [-0.39, 0.29) is 12.4 Å². The lowest BCUT2D eigenvalue weighted by atomic mass is 10.1. The maximum Gasteiger partial charge on any atom is 0.338 e. The Balaban J connectivity index is 1.87. The van der Waals surface area contributed by atoms with Gasteiger partial charge in [-0.25, -0.2) is 4.79 Å². The van der Waals surface area contributed by atoms with Crippen molar-refractivity contribution in [1.29, 1.82) is 0 Å². The normalized spacial score (nSPS) is 10.2. The van der Waals surface area contributed by atoms with Crippen molar-refractivity contribution < 1.29 is 19.1 Å². The van der Waals surface area contributed by atoms with Crippen LogP contribution in [-0.4, -0.2) is 37.4 Å². The molecule has 0 aromatic heterocycles. The number of hydrogen-bond acceptors (Lipinski definition) is 5.